The predicted octanol–water partition coefficient (Wildman–Crippen LogP) is 4.15. The van der Waals surface area contributed by atoms with Crippen molar-refractivity contribution in [1.82, 2.24) is 0 Å². The molecule has 0 bridgehead atoms. The molecule has 1 aliphatic heterocycles. The molecule has 5 heteroatoms. The molecule has 0 aromatic heterocycles. The molecule has 110 valence electrons. The van der Waals surface area contributed by atoms with Crippen molar-refractivity contribution in [3.63, 3.8) is 0 Å². The Morgan fingerprint density at radius 1 is 1.20 bits per heavy atom. The average molecular weight is 285 g/mol. The van der Waals surface area contributed by atoms with Crippen molar-refractivity contribution in [1.29, 1.82) is 0 Å². The van der Waals surface area contributed by atoms with Gasteiger partial charge in [-0.25, -0.2) is 0 Å². The summed E-state index contributed by atoms with van der Waals surface area (Å²) in [5.74, 6) is -0.265. The van der Waals surface area contributed by atoms with Crippen LogP contribution in [0.1, 0.15) is 31.2 Å². The predicted molar refractivity (Wildman–Crippen MR) is 71.1 cm³/mol. The van der Waals surface area contributed by atoms with Gasteiger partial charge in [0.05, 0.1) is 12.5 Å². The Morgan fingerprint density at radius 2 is 2.05 bits per heavy atom. The maximum Gasteiger partial charge on any atom is 0.391 e. The molecule has 1 N–H and O–H groups in total. The van der Waals surface area contributed by atoms with Gasteiger partial charge in [-0.2, -0.15) is 13.2 Å². The van der Waals surface area contributed by atoms with E-state index in [1.807, 2.05) is 18.2 Å². The first-order valence-electron chi connectivity index (χ1n) is 7.11. The lowest BCUT2D eigenvalue weighted by Gasteiger charge is -2.31. The molecule has 2 unspecified atom stereocenters. The number of anilines is 1. The fourth-order valence-corrected chi connectivity index (χ4v) is 3.13. The fraction of sp³-hybridized carbons (Fsp3) is 0.600. The highest BCUT2D eigenvalue weighted by molar-refractivity contribution is 5.53. The van der Waals surface area contributed by atoms with E-state index in [0.717, 1.165) is 29.8 Å². The summed E-state index contributed by atoms with van der Waals surface area (Å²) >= 11 is 0. The minimum atomic E-state index is -4.06. The highest BCUT2D eigenvalue weighted by atomic mass is 19.4. The average Bonchev–Trinajstić information content (AvgIpc) is 2.85. The largest absolute Gasteiger partial charge is 0.493 e. The number of hydrogen-bond acceptors (Lipinski definition) is 2. The van der Waals surface area contributed by atoms with Crippen LogP contribution in [0.25, 0.3) is 0 Å². The molecule has 0 saturated heterocycles. The SMILES string of the molecule is FC(F)(F)C1CCCC(Nc2ccc3c(c2)CCO3)C1. The molecule has 3 rings (SSSR count). The summed E-state index contributed by atoms with van der Waals surface area (Å²) in [4.78, 5) is 0. The summed E-state index contributed by atoms with van der Waals surface area (Å²) in [7, 11) is 0. The Labute approximate surface area is 116 Å². The van der Waals surface area contributed by atoms with Crippen LogP contribution in [0.3, 0.4) is 0 Å². The number of fused-ring (bicyclic) bond motifs is 1. The van der Waals surface area contributed by atoms with Crippen LogP contribution in [-0.4, -0.2) is 18.8 Å². The zero-order valence-corrected chi connectivity index (χ0v) is 11.2. The molecule has 1 aromatic carbocycles. The van der Waals surface area contributed by atoms with Gasteiger partial charge in [0.1, 0.15) is 5.75 Å². The molecule has 0 amide bonds. The van der Waals surface area contributed by atoms with E-state index < -0.39 is 12.1 Å². The van der Waals surface area contributed by atoms with Crippen LogP contribution >= 0.6 is 0 Å². The van der Waals surface area contributed by atoms with Crippen LogP contribution < -0.4 is 10.1 Å². The van der Waals surface area contributed by atoms with Gasteiger partial charge in [-0.05, 0) is 43.0 Å². The van der Waals surface area contributed by atoms with E-state index in [-0.39, 0.29) is 18.9 Å². The van der Waals surface area contributed by atoms with Gasteiger partial charge in [-0.1, -0.05) is 6.42 Å². The molecule has 2 nitrogen and oxygen atoms in total. The summed E-state index contributed by atoms with van der Waals surface area (Å²) in [5.41, 5.74) is 2.04. The molecule has 1 saturated carbocycles. The smallest absolute Gasteiger partial charge is 0.391 e. The summed E-state index contributed by atoms with van der Waals surface area (Å²) in [6, 6.07) is 5.70. The van der Waals surface area contributed by atoms with Gasteiger partial charge in [0.15, 0.2) is 0 Å². The van der Waals surface area contributed by atoms with E-state index in [1.165, 1.54) is 0 Å². The number of rotatable bonds is 2. The third-order valence-corrected chi connectivity index (χ3v) is 4.20. The van der Waals surface area contributed by atoms with Crippen LogP contribution in [0.15, 0.2) is 18.2 Å². The molecule has 1 aromatic rings. The first-order valence-corrected chi connectivity index (χ1v) is 7.11. The maximum absolute atomic E-state index is 12.8. The van der Waals surface area contributed by atoms with E-state index in [4.69, 9.17) is 4.74 Å². The van der Waals surface area contributed by atoms with Crippen molar-refractivity contribution in [3.05, 3.63) is 23.8 Å². The highest BCUT2D eigenvalue weighted by Crippen LogP contribution is 2.38. The van der Waals surface area contributed by atoms with E-state index >= 15 is 0 Å². The summed E-state index contributed by atoms with van der Waals surface area (Å²) < 4.78 is 43.8. The normalized spacial score (nSPS) is 25.9. The Balaban J connectivity index is 1.65. The van der Waals surface area contributed by atoms with Crippen molar-refractivity contribution in [2.24, 2.45) is 5.92 Å². The topological polar surface area (TPSA) is 21.3 Å². The number of hydrogen-bond donors (Lipinski definition) is 1. The Bertz CT molecular complexity index is 486. The van der Waals surface area contributed by atoms with Gasteiger partial charge in [0, 0.05) is 18.2 Å². The number of ether oxygens (including phenoxy) is 1. The lowest BCUT2D eigenvalue weighted by molar-refractivity contribution is -0.182. The Kier molecular flexibility index (Phi) is 3.52. The molecule has 0 spiro atoms. The Hall–Kier alpha value is -1.39. The fourth-order valence-electron chi connectivity index (χ4n) is 3.13. The van der Waals surface area contributed by atoms with Crippen molar-refractivity contribution in [3.8, 4) is 5.75 Å². The molecule has 1 fully saturated rings. The first-order chi connectivity index (χ1) is 9.52. The molecular formula is C15H18F3NO. The third-order valence-electron chi connectivity index (χ3n) is 4.20. The van der Waals surface area contributed by atoms with Gasteiger partial charge in [0.25, 0.3) is 0 Å². The van der Waals surface area contributed by atoms with E-state index in [2.05, 4.69) is 5.32 Å². The van der Waals surface area contributed by atoms with E-state index in [0.29, 0.717) is 13.0 Å². The monoisotopic (exact) mass is 285 g/mol. The van der Waals surface area contributed by atoms with Gasteiger partial charge < -0.3 is 10.1 Å². The molecular weight excluding hydrogens is 267 g/mol. The second-order valence-electron chi connectivity index (χ2n) is 5.67. The summed E-state index contributed by atoms with van der Waals surface area (Å²) in [6.07, 6.45) is -1.31. The zero-order valence-electron chi connectivity index (χ0n) is 11.2. The van der Waals surface area contributed by atoms with Gasteiger partial charge >= 0.3 is 6.18 Å². The van der Waals surface area contributed by atoms with Crippen LogP contribution in [-0.2, 0) is 6.42 Å². The van der Waals surface area contributed by atoms with Crippen molar-refractivity contribution >= 4 is 5.69 Å². The number of nitrogens with one attached hydrogen (secondary N) is 1. The van der Waals surface area contributed by atoms with E-state index in [1.54, 1.807) is 0 Å². The number of benzene rings is 1. The maximum atomic E-state index is 12.8. The molecule has 0 radical (unpaired) electrons. The molecule has 2 aliphatic rings. The van der Waals surface area contributed by atoms with Crippen LogP contribution in [0.2, 0.25) is 0 Å². The molecule has 2 atom stereocenters. The van der Waals surface area contributed by atoms with Gasteiger partial charge in [-0.15, -0.1) is 0 Å². The van der Waals surface area contributed by atoms with Crippen molar-refractivity contribution in [2.45, 2.75) is 44.3 Å². The standard InChI is InChI=1S/C15H18F3NO/c16-15(17,18)11-2-1-3-12(9-11)19-13-4-5-14-10(8-13)6-7-20-14/h4-5,8,11-12,19H,1-3,6-7,9H2. The first kappa shape index (κ1) is 13.6. The zero-order chi connectivity index (χ0) is 14.2. The van der Waals surface area contributed by atoms with Gasteiger partial charge in [-0.3, -0.25) is 0 Å². The molecule has 1 heterocycles. The lowest BCUT2D eigenvalue weighted by Crippen LogP contribution is -2.34. The second kappa shape index (κ2) is 5.19. The van der Waals surface area contributed by atoms with Crippen molar-refractivity contribution in [2.75, 3.05) is 11.9 Å². The summed E-state index contributed by atoms with van der Waals surface area (Å²) in [6.45, 7) is 0.693. The molecule has 1 aliphatic carbocycles. The third kappa shape index (κ3) is 2.86. The number of alkyl halides is 3. The van der Waals surface area contributed by atoms with Gasteiger partial charge in [0.2, 0.25) is 0 Å². The molecule has 20 heavy (non-hydrogen) atoms. The summed E-state index contributed by atoms with van der Waals surface area (Å²) in [5, 5.41) is 3.26. The van der Waals surface area contributed by atoms with Crippen LogP contribution in [0, 0.1) is 5.92 Å². The van der Waals surface area contributed by atoms with Crippen LogP contribution in [0.5, 0.6) is 5.75 Å². The van der Waals surface area contributed by atoms with Crippen LogP contribution in [0.4, 0.5) is 18.9 Å². The Morgan fingerprint density at radius 3 is 2.85 bits per heavy atom. The van der Waals surface area contributed by atoms with E-state index in [9.17, 15) is 13.2 Å². The highest BCUT2D eigenvalue weighted by Gasteiger charge is 2.42. The quantitative estimate of drug-likeness (QED) is 0.881. The second-order valence-corrected chi connectivity index (χ2v) is 5.67. The minimum absolute atomic E-state index is 0.0873. The lowest BCUT2D eigenvalue weighted by atomic mass is 9.85. The number of halogens is 3. The van der Waals surface area contributed by atoms with Crippen molar-refractivity contribution < 1.29 is 17.9 Å². The minimum Gasteiger partial charge on any atom is -0.493 e.